The van der Waals surface area contributed by atoms with Crippen molar-refractivity contribution in [1.29, 1.82) is 0 Å². The van der Waals surface area contributed by atoms with Gasteiger partial charge in [0.15, 0.2) is 5.76 Å². The molecular weight excluding hydrogens is 419 g/mol. The van der Waals surface area contributed by atoms with Crippen molar-refractivity contribution in [3.8, 4) is 11.5 Å². The average molecular weight is 432 g/mol. The Morgan fingerprint density at radius 2 is 1.75 bits per heavy atom. The molecule has 0 bridgehead atoms. The first-order chi connectivity index (χ1) is 13.5. The molecule has 0 saturated carbocycles. The smallest absolute Gasteiger partial charge is 0.231 e. The summed E-state index contributed by atoms with van der Waals surface area (Å²) in [5.41, 5.74) is 2.09. The molecule has 3 nitrogen and oxygen atoms in total. The summed E-state index contributed by atoms with van der Waals surface area (Å²) in [4.78, 5) is 12.6. The van der Waals surface area contributed by atoms with Crippen LogP contribution in [0, 0.1) is 0 Å². The molecule has 0 fully saturated rings. The average Bonchev–Trinajstić information content (AvgIpc) is 2.96. The Morgan fingerprint density at radius 3 is 2.54 bits per heavy atom. The van der Waals surface area contributed by atoms with Gasteiger partial charge in [-0.1, -0.05) is 53.0 Å². The van der Waals surface area contributed by atoms with Crippen LogP contribution in [-0.2, 0) is 6.61 Å². The Bertz CT molecular complexity index is 1110. The second-order valence-corrected chi connectivity index (χ2v) is 7.46. The maximum absolute atomic E-state index is 12.6. The van der Waals surface area contributed by atoms with Crippen LogP contribution in [0.1, 0.15) is 21.5 Å². The highest BCUT2D eigenvalue weighted by Gasteiger charge is 2.27. The largest absolute Gasteiger partial charge is 0.489 e. The van der Waals surface area contributed by atoms with Crippen LogP contribution in [0.25, 0.3) is 6.08 Å². The van der Waals surface area contributed by atoms with Gasteiger partial charge in [-0.15, -0.1) is 0 Å². The second kappa shape index (κ2) is 7.88. The fourth-order valence-corrected chi connectivity index (χ4v) is 3.47. The number of rotatable bonds is 4. The molecule has 0 aliphatic carbocycles. The van der Waals surface area contributed by atoms with E-state index in [1.165, 1.54) is 0 Å². The van der Waals surface area contributed by atoms with Crippen molar-refractivity contribution in [2.75, 3.05) is 0 Å². The highest BCUT2D eigenvalue weighted by molar-refractivity contribution is 6.35. The van der Waals surface area contributed by atoms with E-state index in [4.69, 9.17) is 44.3 Å². The molecule has 3 aromatic carbocycles. The summed E-state index contributed by atoms with van der Waals surface area (Å²) in [6.45, 7) is 0.272. The topological polar surface area (TPSA) is 35.5 Å². The van der Waals surface area contributed by atoms with Crippen LogP contribution in [0.2, 0.25) is 15.1 Å². The number of halogens is 3. The molecule has 4 rings (SSSR count). The second-order valence-electron chi connectivity index (χ2n) is 6.18. The Balaban J connectivity index is 1.52. The third-order valence-corrected chi connectivity index (χ3v) is 5.02. The third-order valence-electron chi connectivity index (χ3n) is 4.20. The van der Waals surface area contributed by atoms with E-state index in [0.29, 0.717) is 32.1 Å². The van der Waals surface area contributed by atoms with Crippen molar-refractivity contribution in [3.63, 3.8) is 0 Å². The summed E-state index contributed by atoms with van der Waals surface area (Å²) in [6.07, 6.45) is 1.67. The molecule has 0 spiro atoms. The highest BCUT2D eigenvalue weighted by atomic mass is 35.5. The van der Waals surface area contributed by atoms with Gasteiger partial charge >= 0.3 is 0 Å². The van der Waals surface area contributed by atoms with Crippen molar-refractivity contribution >= 4 is 46.7 Å². The number of ether oxygens (including phenoxy) is 2. The van der Waals surface area contributed by atoms with Gasteiger partial charge in [-0.3, -0.25) is 4.79 Å². The van der Waals surface area contributed by atoms with E-state index in [1.54, 1.807) is 48.5 Å². The minimum Gasteiger partial charge on any atom is -0.489 e. The molecule has 6 heteroatoms. The molecule has 0 atom stereocenters. The molecule has 0 N–H and O–H groups in total. The van der Waals surface area contributed by atoms with Crippen LogP contribution in [0.4, 0.5) is 0 Å². The molecule has 0 amide bonds. The molecule has 0 unspecified atom stereocenters. The Kier molecular flexibility index (Phi) is 5.31. The van der Waals surface area contributed by atoms with Gasteiger partial charge in [0, 0.05) is 26.7 Å². The molecule has 0 radical (unpaired) electrons. The van der Waals surface area contributed by atoms with Gasteiger partial charge in [-0.05, 0) is 48.0 Å². The van der Waals surface area contributed by atoms with Crippen LogP contribution in [-0.4, -0.2) is 5.78 Å². The van der Waals surface area contributed by atoms with Crippen LogP contribution in [0.3, 0.4) is 0 Å². The van der Waals surface area contributed by atoms with Crippen LogP contribution in [0.5, 0.6) is 11.5 Å². The van der Waals surface area contributed by atoms with E-state index in [1.807, 2.05) is 18.2 Å². The van der Waals surface area contributed by atoms with Crippen LogP contribution < -0.4 is 9.47 Å². The molecule has 0 saturated heterocycles. The molecular formula is C22H13Cl3O3. The van der Waals surface area contributed by atoms with Gasteiger partial charge in [0.25, 0.3) is 0 Å². The van der Waals surface area contributed by atoms with E-state index >= 15 is 0 Å². The lowest BCUT2D eigenvalue weighted by Crippen LogP contribution is -1.98. The molecule has 1 aliphatic rings. The number of hydrogen-bond acceptors (Lipinski definition) is 3. The maximum atomic E-state index is 12.6. The number of fused-ring (bicyclic) bond motifs is 1. The number of carbonyl (C=O) groups is 1. The van der Waals surface area contributed by atoms with Crippen molar-refractivity contribution in [2.24, 2.45) is 0 Å². The van der Waals surface area contributed by atoms with Gasteiger partial charge < -0.3 is 9.47 Å². The first-order valence-corrected chi connectivity index (χ1v) is 9.53. The quantitative estimate of drug-likeness (QED) is 0.424. The lowest BCUT2D eigenvalue weighted by atomic mass is 10.1. The Morgan fingerprint density at radius 1 is 0.929 bits per heavy atom. The zero-order chi connectivity index (χ0) is 19.7. The number of Topliss-reactive ketones (excluding diaryl/α,β-unsaturated/α-hetero) is 1. The van der Waals surface area contributed by atoms with Crippen LogP contribution in [0.15, 0.2) is 66.4 Å². The highest BCUT2D eigenvalue weighted by Crippen LogP contribution is 2.35. The van der Waals surface area contributed by atoms with E-state index in [0.717, 1.165) is 11.1 Å². The SMILES string of the molecule is O=C1C(=Cc2cccc(Cl)c2)Oc2cc(OCc3ccc(Cl)cc3Cl)ccc21. The normalized spacial score (nSPS) is 14.1. The summed E-state index contributed by atoms with van der Waals surface area (Å²) >= 11 is 18.1. The van der Waals surface area contributed by atoms with Crippen molar-refractivity contribution in [1.82, 2.24) is 0 Å². The summed E-state index contributed by atoms with van der Waals surface area (Å²) in [5, 5.41) is 1.69. The number of allylic oxidation sites excluding steroid dienone is 1. The third kappa shape index (κ3) is 4.02. The predicted octanol–water partition coefficient (Wildman–Crippen LogP) is 6.84. The lowest BCUT2D eigenvalue weighted by molar-refractivity contribution is 0.101. The summed E-state index contributed by atoms with van der Waals surface area (Å²) in [5.74, 6) is 1.09. The number of hydrogen-bond donors (Lipinski definition) is 0. The minimum atomic E-state index is -0.178. The van der Waals surface area contributed by atoms with E-state index < -0.39 is 0 Å². The van der Waals surface area contributed by atoms with E-state index in [-0.39, 0.29) is 18.1 Å². The van der Waals surface area contributed by atoms with E-state index in [2.05, 4.69) is 0 Å². The first kappa shape index (κ1) is 18.9. The van der Waals surface area contributed by atoms with Crippen molar-refractivity contribution in [3.05, 3.63) is 98.2 Å². The van der Waals surface area contributed by atoms with Gasteiger partial charge in [-0.2, -0.15) is 0 Å². The fraction of sp³-hybridized carbons (Fsp3) is 0.0455. The standard InChI is InChI=1S/C22H13Cl3O3/c23-15-3-1-2-13(8-15)9-21-22(26)18-7-6-17(11-20(18)28-21)27-12-14-4-5-16(24)10-19(14)25/h1-11H,12H2. The molecule has 3 aromatic rings. The van der Waals surface area contributed by atoms with Gasteiger partial charge in [0.1, 0.15) is 18.1 Å². The summed E-state index contributed by atoms with van der Waals surface area (Å²) in [7, 11) is 0. The number of ketones is 1. The van der Waals surface area contributed by atoms with Gasteiger partial charge in [0.05, 0.1) is 5.56 Å². The fourth-order valence-electron chi connectivity index (χ4n) is 2.80. The molecule has 140 valence electrons. The number of carbonyl (C=O) groups excluding carboxylic acids is 1. The predicted molar refractivity (Wildman–Crippen MR) is 112 cm³/mol. The summed E-state index contributed by atoms with van der Waals surface area (Å²) < 4.78 is 11.5. The van der Waals surface area contributed by atoms with Gasteiger partial charge in [-0.25, -0.2) is 0 Å². The molecule has 28 heavy (non-hydrogen) atoms. The van der Waals surface area contributed by atoms with Crippen molar-refractivity contribution < 1.29 is 14.3 Å². The zero-order valence-corrected chi connectivity index (χ0v) is 16.7. The molecule has 0 aromatic heterocycles. The minimum absolute atomic E-state index is 0.178. The first-order valence-electron chi connectivity index (χ1n) is 8.40. The summed E-state index contributed by atoms with van der Waals surface area (Å²) in [6, 6.07) is 17.5. The molecule has 1 aliphatic heterocycles. The van der Waals surface area contributed by atoms with Gasteiger partial charge in [0.2, 0.25) is 5.78 Å². The maximum Gasteiger partial charge on any atom is 0.231 e. The van der Waals surface area contributed by atoms with Crippen molar-refractivity contribution in [2.45, 2.75) is 6.61 Å². The van der Waals surface area contributed by atoms with E-state index in [9.17, 15) is 4.79 Å². The van der Waals surface area contributed by atoms with Crippen LogP contribution >= 0.6 is 34.8 Å². The zero-order valence-electron chi connectivity index (χ0n) is 14.4. The Hall–Kier alpha value is -2.46. The molecule has 1 heterocycles. The number of benzene rings is 3. The monoisotopic (exact) mass is 430 g/mol. The Labute approximate surface area is 177 Å². The lowest BCUT2D eigenvalue weighted by Gasteiger charge is -2.09.